The zero-order chi connectivity index (χ0) is 28.1. The smallest absolute Gasteiger partial charge is 0.321 e. The van der Waals surface area contributed by atoms with Gasteiger partial charge in [0, 0.05) is 56.2 Å². The molecule has 208 valence electrons. The van der Waals surface area contributed by atoms with Gasteiger partial charge in [0.15, 0.2) is 5.82 Å². The number of carbonyl (C=O) groups is 2. The molecule has 3 amide bonds. The SMILES string of the molecule is CCn1ccc2c(N3CCOCC3)nc(-c3ccc(NC(=O)NC(Cc4ccc(C(N)=O)cc4)OC)cc3)nc21. The van der Waals surface area contributed by atoms with Crippen LogP contribution in [0.25, 0.3) is 22.4 Å². The molecule has 11 nitrogen and oxygen atoms in total. The number of nitrogens with two attached hydrogens (primary N) is 1. The van der Waals surface area contributed by atoms with E-state index in [9.17, 15) is 9.59 Å². The van der Waals surface area contributed by atoms with Gasteiger partial charge in [0.2, 0.25) is 5.91 Å². The van der Waals surface area contributed by atoms with Crippen molar-refractivity contribution in [1.29, 1.82) is 0 Å². The van der Waals surface area contributed by atoms with Crippen molar-refractivity contribution in [2.24, 2.45) is 5.73 Å². The summed E-state index contributed by atoms with van der Waals surface area (Å²) < 4.78 is 13.1. The van der Waals surface area contributed by atoms with Gasteiger partial charge in [0.1, 0.15) is 17.7 Å². The number of primary amides is 1. The number of methoxy groups -OCH3 is 1. The highest BCUT2D eigenvalue weighted by atomic mass is 16.5. The van der Waals surface area contributed by atoms with E-state index in [1.54, 1.807) is 24.3 Å². The maximum absolute atomic E-state index is 12.7. The van der Waals surface area contributed by atoms with E-state index in [-0.39, 0.29) is 0 Å². The molecule has 2 aromatic heterocycles. The third kappa shape index (κ3) is 6.05. The Kier molecular flexibility index (Phi) is 8.23. The van der Waals surface area contributed by atoms with Crippen molar-refractivity contribution in [3.05, 3.63) is 71.9 Å². The molecule has 5 rings (SSSR count). The van der Waals surface area contributed by atoms with Gasteiger partial charge >= 0.3 is 6.03 Å². The zero-order valence-corrected chi connectivity index (χ0v) is 22.6. The van der Waals surface area contributed by atoms with Crippen LogP contribution in [0, 0.1) is 0 Å². The van der Waals surface area contributed by atoms with Crippen molar-refractivity contribution in [2.75, 3.05) is 43.6 Å². The predicted octanol–water partition coefficient (Wildman–Crippen LogP) is 3.39. The van der Waals surface area contributed by atoms with Crippen molar-refractivity contribution >= 4 is 34.5 Å². The second-order valence-electron chi connectivity index (χ2n) is 9.47. The molecule has 1 saturated heterocycles. The highest BCUT2D eigenvalue weighted by Gasteiger charge is 2.20. The van der Waals surface area contributed by atoms with Gasteiger partial charge in [-0.05, 0) is 55.0 Å². The molecule has 1 aliphatic heterocycles. The molecule has 40 heavy (non-hydrogen) atoms. The molecule has 1 atom stereocenters. The lowest BCUT2D eigenvalue weighted by molar-refractivity contribution is 0.0837. The zero-order valence-electron chi connectivity index (χ0n) is 22.6. The Hall–Kier alpha value is -4.48. The van der Waals surface area contributed by atoms with Crippen LogP contribution in [0.1, 0.15) is 22.8 Å². The first kappa shape index (κ1) is 27.1. The number of urea groups is 1. The second-order valence-corrected chi connectivity index (χ2v) is 9.47. The third-order valence-electron chi connectivity index (χ3n) is 6.89. The molecule has 0 saturated carbocycles. The molecule has 4 aromatic rings. The van der Waals surface area contributed by atoms with E-state index >= 15 is 0 Å². The number of aromatic nitrogens is 3. The van der Waals surface area contributed by atoms with Crippen molar-refractivity contribution < 1.29 is 19.1 Å². The Morgan fingerprint density at radius 3 is 2.42 bits per heavy atom. The number of fused-ring (bicyclic) bond motifs is 1. The molecule has 2 aromatic carbocycles. The summed E-state index contributed by atoms with van der Waals surface area (Å²) >= 11 is 0. The minimum Gasteiger partial charge on any atom is -0.378 e. The Labute approximate surface area is 232 Å². The molecular formula is C29H33N7O4. The second kappa shape index (κ2) is 12.1. The Morgan fingerprint density at radius 1 is 1.05 bits per heavy atom. The molecule has 0 radical (unpaired) electrons. The van der Waals surface area contributed by atoms with Crippen LogP contribution in [-0.2, 0) is 22.4 Å². The lowest BCUT2D eigenvalue weighted by Crippen LogP contribution is -2.40. The Balaban J connectivity index is 1.28. The largest absolute Gasteiger partial charge is 0.378 e. The van der Waals surface area contributed by atoms with Gasteiger partial charge in [-0.2, -0.15) is 0 Å². The van der Waals surface area contributed by atoms with Crippen LogP contribution in [0.3, 0.4) is 0 Å². The van der Waals surface area contributed by atoms with E-state index in [2.05, 4.69) is 33.1 Å². The lowest BCUT2D eigenvalue weighted by Gasteiger charge is -2.28. The summed E-state index contributed by atoms with van der Waals surface area (Å²) in [5, 5.41) is 6.68. The van der Waals surface area contributed by atoms with E-state index < -0.39 is 18.2 Å². The van der Waals surface area contributed by atoms with Crippen LogP contribution in [0.2, 0.25) is 0 Å². The molecule has 0 bridgehead atoms. The number of amides is 3. The number of morpholine rings is 1. The van der Waals surface area contributed by atoms with Gasteiger partial charge in [-0.15, -0.1) is 0 Å². The Morgan fingerprint density at radius 2 is 1.77 bits per heavy atom. The normalized spacial score (nSPS) is 14.2. The third-order valence-corrected chi connectivity index (χ3v) is 6.89. The first-order chi connectivity index (χ1) is 19.4. The summed E-state index contributed by atoms with van der Waals surface area (Å²) in [5.74, 6) is 1.05. The van der Waals surface area contributed by atoms with Crippen molar-refractivity contribution in [3.8, 4) is 11.4 Å². The van der Waals surface area contributed by atoms with Gasteiger partial charge in [-0.1, -0.05) is 12.1 Å². The summed E-state index contributed by atoms with van der Waals surface area (Å²) in [6.07, 6.45) is 1.90. The minimum absolute atomic E-state index is 0.401. The Bertz CT molecular complexity index is 1480. The van der Waals surface area contributed by atoms with E-state index in [1.807, 2.05) is 30.5 Å². The molecule has 4 N–H and O–H groups in total. The van der Waals surface area contributed by atoms with Crippen LogP contribution in [-0.4, -0.2) is 66.1 Å². The number of hydrogen-bond donors (Lipinski definition) is 3. The van der Waals surface area contributed by atoms with Crippen LogP contribution in [0.15, 0.2) is 60.8 Å². The van der Waals surface area contributed by atoms with Crippen molar-refractivity contribution in [1.82, 2.24) is 19.9 Å². The molecule has 0 aliphatic carbocycles. The average molecular weight is 544 g/mol. The number of rotatable bonds is 9. The molecule has 11 heteroatoms. The fraction of sp³-hybridized carbons (Fsp3) is 0.310. The molecule has 1 fully saturated rings. The van der Waals surface area contributed by atoms with Crippen LogP contribution in [0.5, 0.6) is 0 Å². The summed E-state index contributed by atoms with van der Waals surface area (Å²) in [4.78, 5) is 36.0. The number of nitrogens with one attached hydrogen (secondary N) is 2. The average Bonchev–Trinajstić information content (AvgIpc) is 3.40. The lowest BCUT2D eigenvalue weighted by atomic mass is 10.1. The highest BCUT2D eigenvalue weighted by Crippen LogP contribution is 2.29. The quantitative estimate of drug-likeness (QED) is 0.275. The summed E-state index contributed by atoms with van der Waals surface area (Å²) in [5.41, 5.74) is 8.97. The number of ether oxygens (including phenoxy) is 2. The van der Waals surface area contributed by atoms with E-state index in [1.165, 1.54) is 7.11 Å². The van der Waals surface area contributed by atoms with Crippen LogP contribution in [0.4, 0.5) is 16.3 Å². The van der Waals surface area contributed by atoms with E-state index in [4.69, 9.17) is 25.2 Å². The molecule has 1 aliphatic rings. The van der Waals surface area contributed by atoms with E-state index in [0.29, 0.717) is 36.7 Å². The summed E-state index contributed by atoms with van der Waals surface area (Å²) in [6.45, 7) is 5.80. The maximum atomic E-state index is 12.7. The van der Waals surface area contributed by atoms with Crippen molar-refractivity contribution in [3.63, 3.8) is 0 Å². The number of nitrogens with zero attached hydrogens (tertiary/aromatic N) is 4. The maximum Gasteiger partial charge on any atom is 0.321 e. The number of hydrogen-bond acceptors (Lipinski definition) is 7. The van der Waals surface area contributed by atoms with Gasteiger partial charge in [0.25, 0.3) is 0 Å². The molecule has 1 unspecified atom stereocenters. The molecule has 0 spiro atoms. The summed E-state index contributed by atoms with van der Waals surface area (Å²) in [6, 6.07) is 16.0. The first-order valence-electron chi connectivity index (χ1n) is 13.2. The standard InChI is InChI=1S/C29H33N7O4/c1-3-35-13-12-23-27(35)33-26(34-28(23)36-14-16-40-17-15-36)21-8-10-22(11-9-21)31-29(38)32-24(39-2)18-19-4-6-20(7-5-19)25(30)37/h4-13,24H,3,14-18H2,1-2H3,(H2,30,37)(H2,31,32,38). The van der Waals surface area contributed by atoms with Gasteiger partial charge in [0.05, 0.1) is 18.6 Å². The highest BCUT2D eigenvalue weighted by molar-refractivity contribution is 5.93. The fourth-order valence-corrected chi connectivity index (χ4v) is 4.68. The van der Waals surface area contributed by atoms with Crippen LogP contribution >= 0.6 is 0 Å². The number of aryl methyl sites for hydroxylation is 1. The number of carbonyl (C=O) groups excluding carboxylic acids is 2. The molecule has 3 heterocycles. The van der Waals surface area contributed by atoms with Gasteiger partial charge in [-0.3, -0.25) is 4.79 Å². The van der Waals surface area contributed by atoms with Gasteiger partial charge < -0.3 is 35.3 Å². The molecular weight excluding hydrogens is 510 g/mol. The van der Waals surface area contributed by atoms with Gasteiger partial charge in [-0.25, -0.2) is 14.8 Å². The van der Waals surface area contributed by atoms with Crippen molar-refractivity contribution in [2.45, 2.75) is 26.1 Å². The monoisotopic (exact) mass is 543 g/mol. The predicted molar refractivity (Wildman–Crippen MR) is 153 cm³/mol. The topological polar surface area (TPSA) is 137 Å². The number of benzene rings is 2. The fourth-order valence-electron chi connectivity index (χ4n) is 4.68. The summed E-state index contributed by atoms with van der Waals surface area (Å²) in [7, 11) is 1.52. The number of anilines is 2. The first-order valence-corrected chi connectivity index (χ1v) is 13.2. The van der Waals surface area contributed by atoms with Crippen LogP contribution < -0.4 is 21.3 Å². The minimum atomic E-state index is -0.563. The van der Waals surface area contributed by atoms with E-state index in [0.717, 1.165) is 47.6 Å².